The minimum atomic E-state index is -0.406. The maximum absolute atomic E-state index is 14.2. The summed E-state index contributed by atoms with van der Waals surface area (Å²) < 4.78 is 20.6. The van der Waals surface area contributed by atoms with Crippen LogP contribution in [-0.4, -0.2) is 218 Å². The number of benzene rings is 10. The average molecular weight is 2040 g/mol. The number of carbonyl (C=O) groups excluding carboxylic acids is 6. The number of para-hydroxylation sites is 10. The first-order valence-corrected chi connectivity index (χ1v) is 52.4. The Labute approximate surface area is 857 Å². The Morgan fingerprint density at radius 3 is 1.08 bits per heavy atom. The molecule has 5 aliphatic rings. The van der Waals surface area contributed by atoms with Crippen LogP contribution in [0.15, 0.2) is 270 Å². The number of anilines is 12. The molecule has 0 aliphatic carbocycles. The number of aliphatic hydroxyl groups is 1. The van der Waals surface area contributed by atoms with Crippen molar-refractivity contribution in [2.24, 2.45) is 0 Å². The lowest BCUT2D eigenvalue weighted by Gasteiger charge is -2.31. The van der Waals surface area contributed by atoms with Gasteiger partial charge in [0, 0.05) is 210 Å². The lowest BCUT2D eigenvalue weighted by molar-refractivity contribution is -0.105. The highest BCUT2D eigenvalue weighted by molar-refractivity contribution is 7.25. The summed E-state index contributed by atoms with van der Waals surface area (Å²) >= 11 is 8.75. The number of ether oxygens (including phenoxy) is 1. The molecule has 12 N–H and O–H groups in total. The highest BCUT2D eigenvalue weighted by Gasteiger charge is 2.27. The van der Waals surface area contributed by atoms with E-state index in [0.717, 1.165) is 241 Å². The van der Waals surface area contributed by atoms with E-state index >= 15 is 0 Å². The van der Waals surface area contributed by atoms with Gasteiger partial charge in [0.2, 0.25) is 6.41 Å². The molecule has 30 nitrogen and oxygen atoms in total. The summed E-state index contributed by atoms with van der Waals surface area (Å²) in [6.07, 6.45) is 0.635. The number of thiophene rings is 1. The van der Waals surface area contributed by atoms with E-state index in [2.05, 4.69) is 155 Å². The van der Waals surface area contributed by atoms with Crippen LogP contribution in [0.1, 0.15) is 58.0 Å². The minimum absolute atomic E-state index is 0.0122. The Morgan fingerprint density at radius 1 is 0.382 bits per heavy atom. The van der Waals surface area contributed by atoms with Gasteiger partial charge in [-0.15, -0.1) is 68.0 Å². The lowest BCUT2D eigenvalue weighted by atomic mass is 10.1. The molecule has 6 aromatic heterocycles. The van der Waals surface area contributed by atoms with Crippen LogP contribution in [0.2, 0.25) is 0 Å². The van der Waals surface area contributed by atoms with Gasteiger partial charge < -0.3 is 97.7 Å². The number of rotatable bonds is 25. The zero-order valence-corrected chi connectivity index (χ0v) is 84.4. The number of hydrogen-bond acceptors (Lipinski definition) is 30. The molecule has 0 saturated carbocycles. The molecule has 0 unspecified atom stereocenters. The second kappa shape index (κ2) is 49.9. The Kier molecular flexibility index (Phi) is 35.0. The Bertz CT molecular complexity index is 7010. The zero-order valence-electron chi connectivity index (χ0n) is 79.5. The molecule has 21 rings (SSSR count). The van der Waals surface area contributed by atoms with Gasteiger partial charge in [-0.1, -0.05) is 115 Å². The van der Waals surface area contributed by atoms with E-state index in [-0.39, 0.29) is 41.8 Å². The summed E-state index contributed by atoms with van der Waals surface area (Å²) in [5.41, 5.74) is 16.8. The third kappa shape index (κ3) is 26.3. The molecule has 0 atom stereocenters. The quantitative estimate of drug-likeness (QED) is 0.0236. The van der Waals surface area contributed by atoms with E-state index in [1.54, 1.807) is 45.7 Å². The van der Waals surface area contributed by atoms with Gasteiger partial charge in [0.1, 0.15) is 65.1 Å². The van der Waals surface area contributed by atoms with Crippen molar-refractivity contribution in [1.82, 2.24) is 51.5 Å². The SMILES string of the molecule is CN(C)c1ccc(-c2nc(C(=O)Nc3ccccc3N3CCNCC3)cs2)cc1.COc1ccc(F)c(-c2nc(C(=O)Nc3ccccc3N3CCNCC3)cs2)c1.O=C(Nc1ccccc1N1CCNCC1)c1csc(-c2cc3ccccc3s2)n1.O=C(Nc1ccccc1N1CCNCC1)c1csc(-c2ccc(CO)cc2)n1.O=CNc1cccc(-c2nc(C(=O)Nc3ccccc3N3CCNCC3)cs2)c1. The van der Waals surface area contributed by atoms with Crippen molar-refractivity contribution in [3.8, 4) is 57.9 Å². The van der Waals surface area contributed by atoms with Crippen molar-refractivity contribution >= 4 is 182 Å². The molecule has 0 spiro atoms. The first-order chi connectivity index (χ1) is 70.5. The van der Waals surface area contributed by atoms with Crippen molar-refractivity contribution < 1.29 is 43.0 Å². The van der Waals surface area contributed by atoms with Crippen molar-refractivity contribution in [3.63, 3.8) is 0 Å². The predicted octanol–water partition coefficient (Wildman–Crippen LogP) is 17.8. The number of aromatic nitrogens is 5. The van der Waals surface area contributed by atoms with Crippen molar-refractivity contribution in [3.05, 3.63) is 309 Å². The van der Waals surface area contributed by atoms with Crippen molar-refractivity contribution in [1.29, 1.82) is 0 Å². The van der Waals surface area contributed by atoms with E-state index in [1.807, 2.05) is 201 Å². The lowest BCUT2D eigenvalue weighted by Crippen LogP contribution is -2.43. The van der Waals surface area contributed by atoms with Crippen LogP contribution in [0.3, 0.4) is 0 Å². The summed E-state index contributed by atoms with van der Waals surface area (Å²) in [5.74, 6) is -0.993. The van der Waals surface area contributed by atoms with Crippen molar-refractivity contribution in [2.75, 3.05) is 213 Å². The van der Waals surface area contributed by atoms with Gasteiger partial charge >= 0.3 is 0 Å². The summed E-state index contributed by atoms with van der Waals surface area (Å²) in [6, 6.07) is 77.3. The highest BCUT2D eigenvalue weighted by Crippen LogP contribution is 2.40. The predicted molar refractivity (Wildman–Crippen MR) is 587 cm³/mol. The standard InChI is InChI=1S/C22H25N5OS.C22H20N4OS2.C21H21FN4O2S.C21H21N5O2S.C21H22N4O2S/c1-26(2)17-9-7-16(8-10-17)22-25-19(15-29-22)21(28)24-18-5-3-4-6-20(18)27-13-11-23-12-14-27;27-21(24-16-6-2-3-7-18(16)26-11-9-23-10-12-26)17-14-28-22(25-17)20-13-15-5-1-4-8-19(15)29-20;1-28-14-6-7-16(22)15(12-14)21-25-18(13-29-21)20(27)24-17-4-2-3-5-19(17)26-10-8-23-9-11-26;27-14-23-16-5-3-4-15(12-16)21-25-18(13-29-21)20(28)24-17-6-1-2-7-19(17)26-10-8-22-9-11-26;26-13-15-5-7-16(8-6-15)21-24-18(14-28-21)20(27)23-17-3-1-2-4-19(17)25-11-9-22-10-12-25/h3-10,15,23H,11-14H2,1-2H3,(H,24,28);1-8,13-14,23H,9-12H2,(H,24,27);2-7,12-13,23H,8-11H2,1H3,(H,24,27);1-7,12-14,22H,8-11H2,(H,23,27)(H,24,28);1-8,14,22,26H,9-13H2,(H,23,27). The molecule has 0 bridgehead atoms. The molecule has 16 aromatic rings. The monoisotopic (exact) mass is 2040 g/mol. The number of hydrogen-bond donors (Lipinski definition) is 12. The second-order valence-electron chi connectivity index (χ2n) is 33.9. The van der Waals surface area contributed by atoms with Gasteiger partial charge in [-0.3, -0.25) is 28.8 Å². The Balaban J connectivity index is 0.000000123. The number of aliphatic hydroxyl groups excluding tert-OH is 1. The number of nitrogens with zero attached hydrogens (tertiary/aromatic N) is 11. The zero-order chi connectivity index (χ0) is 99.5. The van der Waals surface area contributed by atoms with Crippen molar-refractivity contribution in [2.45, 2.75) is 6.61 Å². The van der Waals surface area contributed by atoms with E-state index in [0.29, 0.717) is 51.2 Å². The van der Waals surface area contributed by atoms with Gasteiger partial charge in [-0.05, 0) is 138 Å². The molecule has 6 amide bonds. The summed E-state index contributed by atoms with van der Waals surface area (Å²) in [4.78, 5) is 112. The molecule has 37 heteroatoms. The van der Waals surface area contributed by atoms with Crippen LogP contribution in [0.4, 0.5) is 72.6 Å². The molecular formula is C107H109FN22O8S6. The van der Waals surface area contributed by atoms with Gasteiger partial charge in [-0.2, -0.15) is 0 Å². The second-order valence-corrected chi connectivity index (χ2v) is 39.2. The molecule has 10 aromatic carbocycles. The first-order valence-electron chi connectivity index (χ1n) is 47.2. The highest BCUT2D eigenvalue weighted by atomic mass is 32.1. The van der Waals surface area contributed by atoms with Crippen LogP contribution in [0.5, 0.6) is 5.75 Å². The molecular weight excluding hydrogens is 1930 g/mol. The normalized spacial score (nSPS) is 14.0. The maximum Gasteiger partial charge on any atom is 0.275 e. The Hall–Kier alpha value is -14.6. The van der Waals surface area contributed by atoms with Gasteiger partial charge in [-0.25, -0.2) is 29.3 Å². The number of nitrogens with one attached hydrogen (secondary N) is 11. The molecule has 144 heavy (non-hydrogen) atoms. The van der Waals surface area contributed by atoms with Gasteiger partial charge in [0.25, 0.3) is 29.5 Å². The van der Waals surface area contributed by atoms with E-state index in [1.165, 1.54) is 79.9 Å². The molecule has 738 valence electrons. The minimum Gasteiger partial charge on any atom is -0.497 e. The third-order valence-corrected chi connectivity index (χ3v) is 29.8. The van der Waals surface area contributed by atoms with Crippen LogP contribution in [0, 0.1) is 5.82 Å². The summed E-state index contributed by atoms with van der Waals surface area (Å²) in [7, 11) is 5.55. The van der Waals surface area contributed by atoms with Crippen LogP contribution in [0.25, 0.3) is 62.3 Å². The van der Waals surface area contributed by atoms with Crippen LogP contribution < -0.4 is 92.6 Å². The fourth-order valence-corrected chi connectivity index (χ4v) is 21.8. The fraction of sp³-hybridized carbons (Fsp3) is 0.224. The molecule has 5 saturated heterocycles. The Morgan fingerprint density at radius 2 is 0.715 bits per heavy atom. The smallest absolute Gasteiger partial charge is 0.275 e. The number of fused-ring (bicyclic) bond motifs is 1. The van der Waals surface area contributed by atoms with E-state index in [4.69, 9.17) is 9.84 Å². The number of amides is 6. The number of piperazine rings is 5. The third-order valence-electron chi connectivity index (χ3n) is 24.1. The molecule has 11 heterocycles. The average Bonchev–Trinajstić information content (AvgIpc) is 1.64. The van der Waals surface area contributed by atoms with E-state index < -0.39 is 5.82 Å². The van der Waals surface area contributed by atoms with Crippen LogP contribution in [-0.2, 0) is 11.4 Å². The maximum atomic E-state index is 14.2. The van der Waals surface area contributed by atoms with Gasteiger partial charge in [0.15, 0.2) is 0 Å². The molecule has 5 fully saturated rings. The van der Waals surface area contributed by atoms with E-state index in [9.17, 15) is 33.2 Å². The molecule has 0 radical (unpaired) electrons. The van der Waals surface area contributed by atoms with Crippen LogP contribution >= 0.6 is 68.0 Å². The number of thiazole rings is 5. The number of carbonyl (C=O) groups is 6. The molecule has 5 aliphatic heterocycles. The topological polar surface area (TPSA) is 348 Å². The largest absolute Gasteiger partial charge is 0.497 e. The number of methoxy groups -OCH3 is 1. The summed E-state index contributed by atoms with van der Waals surface area (Å²) in [5, 5.41) is 57.3. The first kappa shape index (κ1) is 101. The summed E-state index contributed by atoms with van der Waals surface area (Å²) in [6.45, 7) is 18.5. The van der Waals surface area contributed by atoms with Gasteiger partial charge in [0.05, 0.1) is 75.5 Å². The fourth-order valence-electron chi connectivity index (χ4n) is 16.6. The number of halogens is 1.